The molecule has 1 rings (SSSR count). The third kappa shape index (κ3) is 7.14. The number of benzene rings is 1. The number of ether oxygens (including phenoxy) is 1. The number of nitrogens with zero attached hydrogens (tertiary/aromatic N) is 1. The largest absolute Gasteiger partial charge is 0.414 e. The van der Waals surface area contributed by atoms with Crippen molar-refractivity contribution in [3.05, 3.63) is 30.3 Å². The fourth-order valence-electron chi connectivity index (χ4n) is 1.93. The number of carbonyl (C=O) groups excluding carboxylic acids is 1. The number of hydrogen-bond donors (Lipinski definition) is 1. The standard InChI is InChI=1S/C16H25NO3/c1-17(13-9-4-2-3-5-10-14-18)16(19)20-15-11-7-6-8-12-15/h6-8,11-12,18H,2-5,9-10,13-14H2,1H3. The molecule has 4 nitrogen and oxygen atoms in total. The van der Waals surface area contributed by atoms with E-state index in [0.29, 0.717) is 12.3 Å². The van der Waals surface area contributed by atoms with Crippen LogP contribution in [0.2, 0.25) is 0 Å². The molecule has 0 bridgehead atoms. The first kappa shape index (κ1) is 16.5. The molecule has 0 aliphatic carbocycles. The summed E-state index contributed by atoms with van der Waals surface area (Å²) in [7, 11) is 1.76. The molecule has 0 unspecified atom stereocenters. The third-order valence-corrected chi connectivity index (χ3v) is 3.16. The van der Waals surface area contributed by atoms with E-state index in [-0.39, 0.29) is 12.7 Å². The monoisotopic (exact) mass is 279 g/mol. The summed E-state index contributed by atoms with van der Waals surface area (Å²) < 4.78 is 5.25. The van der Waals surface area contributed by atoms with Crippen molar-refractivity contribution in [3.8, 4) is 5.75 Å². The third-order valence-electron chi connectivity index (χ3n) is 3.16. The Bertz CT molecular complexity index is 367. The van der Waals surface area contributed by atoms with E-state index in [1.165, 1.54) is 0 Å². The Balaban J connectivity index is 2.10. The SMILES string of the molecule is CN(CCCCCCCCO)C(=O)Oc1ccccc1. The smallest absolute Gasteiger partial charge is 0.410 e. The van der Waals surface area contributed by atoms with Crippen molar-refractivity contribution >= 4 is 6.09 Å². The minimum Gasteiger partial charge on any atom is -0.410 e. The first-order valence-electron chi connectivity index (χ1n) is 7.33. The van der Waals surface area contributed by atoms with Crippen molar-refractivity contribution in [2.45, 2.75) is 38.5 Å². The molecule has 1 aromatic carbocycles. The van der Waals surface area contributed by atoms with E-state index >= 15 is 0 Å². The van der Waals surface area contributed by atoms with Gasteiger partial charge in [0.05, 0.1) is 0 Å². The van der Waals surface area contributed by atoms with E-state index in [9.17, 15) is 4.79 Å². The van der Waals surface area contributed by atoms with Crippen molar-refractivity contribution in [2.75, 3.05) is 20.2 Å². The molecular weight excluding hydrogens is 254 g/mol. The second-order valence-electron chi connectivity index (χ2n) is 4.95. The fraction of sp³-hybridized carbons (Fsp3) is 0.562. The number of unbranched alkanes of at least 4 members (excludes halogenated alkanes) is 5. The number of hydrogen-bond acceptors (Lipinski definition) is 3. The van der Waals surface area contributed by atoms with Gasteiger partial charge in [-0.3, -0.25) is 0 Å². The quantitative estimate of drug-likeness (QED) is 0.704. The zero-order valence-electron chi connectivity index (χ0n) is 12.3. The maximum atomic E-state index is 11.8. The van der Waals surface area contributed by atoms with Gasteiger partial charge in [-0.2, -0.15) is 0 Å². The number of amides is 1. The summed E-state index contributed by atoms with van der Waals surface area (Å²) in [5.41, 5.74) is 0. The van der Waals surface area contributed by atoms with Gasteiger partial charge in [-0.15, -0.1) is 0 Å². The van der Waals surface area contributed by atoms with Crippen molar-refractivity contribution in [3.63, 3.8) is 0 Å². The molecule has 0 aromatic heterocycles. The fourth-order valence-corrected chi connectivity index (χ4v) is 1.93. The molecule has 0 saturated heterocycles. The highest BCUT2D eigenvalue weighted by atomic mass is 16.6. The zero-order chi connectivity index (χ0) is 14.6. The summed E-state index contributed by atoms with van der Waals surface area (Å²) in [5.74, 6) is 0.577. The highest BCUT2D eigenvalue weighted by Gasteiger charge is 2.10. The van der Waals surface area contributed by atoms with Gasteiger partial charge < -0.3 is 14.7 Å². The van der Waals surface area contributed by atoms with E-state index < -0.39 is 0 Å². The first-order valence-corrected chi connectivity index (χ1v) is 7.33. The number of aliphatic hydroxyl groups excluding tert-OH is 1. The van der Waals surface area contributed by atoms with E-state index in [4.69, 9.17) is 9.84 Å². The predicted molar refractivity (Wildman–Crippen MR) is 79.9 cm³/mol. The Morgan fingerprint density at radius 1 is 1.05 bits per heavy atom. The summed E-state index contributed by atoms with van der Waals surface area (Å²) >= 11 is 0. The second kappa shape index (κ2) is 10.3. The molecule has 1 aromatic rings. The van der Waals surface area contributed by atoms with Crippen LogP contribution in [0.15, 0.2) is 30.3 Å². The van der Waals surface area contributed by atoms with Crippen LogP contribution in [-0.4, -0.2) is 36.3 Å². The summed E-state index contributed by atoms with van der Waals surface area (Å²) in [6, 6.07) is 9.11. The normalized spacial score (nSPS) is 10.3. The van der Waals surface area contributed by atoms with Gasteiger partial charge in [-0.25, -0.2) is 4.79 Å². The van der Waals surface area contributed by atoms with Gasteiger partial charge in [0.25, 0.3) is 0 Å². The lowest BCUT2D eigenvalue weighted by Gasteiger charge is -2.16. The van der Waals surface area contributed by atoms with Gasteiger partial charge >= 0.3 is 6.09 Å². The van der Waals surface area contributed by atoms with Crippen molar-refractivity contribution in [1.82, 2.24) is 4.90 Å². The van der Waals surface area contributed by atoms with Gasteiger partial charge in [0.15, 0.2) is 0 Å². The maximum Gasteiger partial charge on any atom is 0.414 e. The lowest BCUT2D eigenvalue weighted by Crippen LogP contribution is -2.30. The Kier molecular flexibility index (Phi) is 8.47. The molecule has 1 N–H and O–H groups in total. The van der Waals surface area contributed by atoms with Crippen LogP contribution in [0.4, 0.5) is 4.79 Å². The van der Waals surface area contributed by atoms with Gasteiger partial charge in [-0.1, -0.05) is 43.9 Å². The van der Waals surface area contributed by atoms with Gasteiger partial charge in [0.2, 0.25) is 0 Å². The van der Waals surface area contributed by atoms with Gasteiger partial charge in [0, 0.05) is 20.2 Å². The summed E-state index contributed by atoms with van der Waals surface area (Å²) in [6.07, 6.45) is 6.07. The average molecular weight is 279 g/mol. The van der Waals surface area contributed by atoms with Crippen LogP contribution in [0.5, 0.6) is 5.75 Å². The van der Waals surface area contributed by atoms with Gasteiger partial charge in [0.1, 0.15) is 5.75 Å². The van der Waals surface area contributed by atoms with Crippen LogP contribution in [0.3, 0.4) is 0 Å². The highest BCUT2D eigenvalue weighted by molar-refractivity contribution is 5.70. The van der Waals surface area contributed by atoms with Crippen LogP contribution in [-0.2, 0) is 0 Å². The predicted octanol–water partition coefficient (Wildman–Crippen LogP) is 3.45. The lowest BCUT2D eigenvalue weighted by molar-refractivity contribution is 0.162. The van der Waals surface area contributed by atoms with E-state index in [0.717, 1.165) is 38.5 Å². The van der Waals surface area contributed by atoms with Gasteiger partial charge in [-0.05, 0) is 25.0 Å². The molecule has 0 aliphatic heterocycles. The maximum absolute atomic E-state index is 11.8. The Hall–Kier alpha value is -1.55. The molecular formula is C16H25NO3. The topological polar surface area (TPSA) is 49.8 Å². The molecule has 0 spiro atoms. The molecule has 0 fully saturated rings. The number of rotatable bonds is 9. The summed E-state index contributed by atoms with van der Waals surface area (Å²) in [6.45, 7) is 1.000. The van der Waals surface area contributed by atoms with Crippen molar-refractivity contribution in [1.29, 1.82) is 0 Å². The molecule has 0 saturated carbocycles. The van der Waals surface area contributed by atoms with E-state index in [1.807, 2.05) is 18.2 Å². The lowest BCUT2D eigenvalue weighted by atomic mass is 10.1. The minimum atomic E-state index is -0.309. The number of para-hydroxylation sites is 1. The molecule has 0 atom stereocenters. The number of aliphatic hydroxyl groups is 1. The molecule has 112 valence electrons. The molecule has 0 aliphatic rings. The number of carbonyl (C=O) groups is 1. The Morgan fingerprint density at radius 2 is 1.65 bits per heavy atom. The highest BCUT2D eigenvalue weighted by Crippen LogP contribution is 2.10. The molecule has 0 radical (unpaired) electrons. The van der Waals surface area contributed by atoms with E-state index in [1.54, 1.807) is 24.1 Å². The molecule has 20 heavy (non-hydrogen) atoms. The van der Waals surface area contributed by atoms with Crippen LogP contribution in [0.25, 0.3) is 0 Å². The van der Waals surface area contributed by atoms with Crippen LogP contribution in [0.1, 0.15) is 38.5 Å². The molecule has 4 heteroatoms. The molecule has 1 amide bonds. The zero-order valence-corrected chi connectivity index (χ0v) is 12.3. The minimum absolute atomic E-state index is 0.286. The summed E-state index contributed by atoms with van der Waals surface area (Å²) in [5, 5.41) is 8.67. The Morgan fingerprint density at radius 3 is 2.30 bits per heavy atom. The Labute approximate surface area is 121 Å². The summed E-state index contributed by atoms with van der Waals surface area (Å²) in [4.78, 5) is 13.4. The van der Waals surface area contributed by atoms with Crippen molar-refractivity contribution in [2.24, 2.45) is 0 Å². The van der Waals surface area contributed by atoms with Crippen LogP contribution < -0.4 is 4.74 Å². The van der Waals surface area contributed by atoms with Crippen molar-refractivity contribution < 1.29 is 14.6 Å². The first-order chi connectivity index (χ1) is 9.74. The van der Waals surface area contributed by atoms with Crippen LogP contribution >= 0.6 is 0 Å². The molecule has 0 heterocycles. The second-order valence-corrected chi connectivity index (χ2v) is 4.95. The van der Waals surface area contributed by atoms with Crippen LogP contribution in [0, 0.1) is 0 Å². The average Bonchev–Trinajstić information content (AvgIpc) is 2.47. The van der Waals surface area contributed by atoms with E-state index in [2.05, 4.69) is 0 Å².